The molecule has 1 saturated heterocycles. The van der Waals surface area contributed by atoms with Crippen LogP contribution in [0.4, 0.5) is 11.4 Å². The van der Waals surface area contributed by atoms with Gasteiger partial charge in [0, 0.05) is 45.3 Å². The molecule has 0 aromatic heterocycles. The number of carbonyl (C=O) groups is 1. The van der Waals surface area contributed by atoms with Crippen LogP contribution in [0.15, 0.2) is 23.1 Å². The first-order valence-electron chi connectivity index (χ1n) is 9.06. The van der Waals surface area contributed by atoms with Crippen LogP contribution >= 0.6 is 11.8 Å². The van der Waals surface area contributed by atoms with Crippen molar-refractivity contribution >= 4 is 39.1 Å². The average molecular weight is 431 g/mol. The molecule has 0 spiro atoms. The zero-order valence-corrected chi connectivity index (χ0v) is 18.0. The van der Waals surface area contributed by atoms with Gasteiger partial charge in [-0.3, -0.25) is 14.9 Å². The first kappa shape index (κ1) is 22.4. The van der Waals surface area contributed by atoms with Gasteiger partial charge in [0.2, 0.25) is 15.9 Å². The number of thioether (sulfide) groups is 1. The minimum atomic E-state index is -3.78. The maximum atomic E-state index is 12.7. The fourth-order valence-corrected chi connectivity index (χ4v) is 5.11. The Labute approximate surface area is 169 Å². The summed E-state index contributed by atoms with van der Waals surface area (Å²) in [6, 6.07) is 4.05. The second kappa shape index (κ2) is 9.57. The minimum absolute atomic E-state index is 0.0577. The lowest BCUT2D eigenvalue weighted by Gasteiger charge is -2.35. The van der Waals surface area contributed by atoms with E-state index in [-0.39, 0.29) is 16.5 Å². The summed E-state index contributed by atoms with van der Waals surface area (Å²) in [5.41, 5.74) is 0.137. The molecular weight excluding hydrogens is 404 g/mol. The average Bonchev–Trinajstić information content (AvgIpc) is 2.68. The molecule has 1 fully saturated rings. The van der Waals surface area contributed by atoms with Crippen LogP contribution in [0.5, 0.6) is 0 Å². The number of amides is 1. The fraction of sp³-hybridized carbons (Fsp3) is 0.588. The van der Waals surface area contributed by atoms with Gasteiger partial charge in [-0.25, -0.2) is 8.42 Å². The quantitative estimate of drug-likeness (QED) is 0.456. The smallest absolute Gasteiger partial charge is 0.293 e. The van der Waals surface area contributed by atoms with Crippen molar-refractivity contribution in [2.75, 3.05) is 56.2 Å². The minimum Gasteiger partial charge on any atom is -0.362 e. The predicted molar refractivity (Wildman–Crippen MR) is 110 cm³/mol. The predicted octanol–water partition coefficient (Wildman–Crippen LogP) is 1.64. The summed E-state index contributed by atoms with van der Waals surface area (Å²) in [5, 5.41) is 11.6. The number of nitro benzene ring substituents is 1. The molecule has 11 heteroatoms. The molecule has 0 aliphatic carbocycles. The molecule has 156 valence electrons. The van der Waals surface area contributed by atoms with E-state index in [0.717, 1.165) is 6.07 Å². The maximum Gasteiger partial charge on any atom is 0.293 e. The van der Waals surface area contributed by atoms with Crippen molar-refractivity contribution in [2.45, 2.75) is 18.7 Å². The van der Waals surface area contributed by atoms with E-state index in [0.29, 0.717) is 50.7 Å². The highest BCUT2D eigenvalue weighted by atomic mass is 32.2. The highest BCUT2D eigenvalue weighted by Crippen LogP contribution is 2.32. The van der Waals surface area contributed by atoms with E-state index < -0.39 is 14.9 Å². The normalized spacial score (nSPS) is 15.1. The number of rotatable bonds is 8. The maximum absolute atomic E-state index is 12.7. The Bertz CT molecular complexity index is 819. The number of nitrogens with zero attached hydrogens (tertiary/aromatic N) is 4. The molecule has 0 bridgehead atoms. The van der Waals surface area contributed by atoms with Gasteiger partial charge in [-0.2, -0.15) is 16.1 Å². The molecular formula is C17H26N4O5S2. The Kier molecular flexibility index (Phi) is 7.67. The lowest BCUT2D eigenvalue weighted by atomic mass is 10.2. The lowest BCUT2D eigenvalue weighted by molar-refractivity contribution is -0.384. The largest absolute Gasteiger partial charge is 0.362 e. The molecule has 2 rings (SSSR count). The summed E-state index contributed by atoms with van der Waals surface area (Å²) >= 11 is 1.46. The van der Waals surface area contributed by atoms with Crippen LogP contribution < -0.4 is 4.90 Å². The number of nitro groups is 1. The van der Waals surface area contributed by atoms with E-state index in [9.17, 15) is 23.3 Å². The Balaban J connectivity index is 2.28. The van der Waals surface area contributed by atoms with Crippen LogP contribution in [0.2, 0.25) is 0 Å². The van der Waals surface area contributed by atoms with Crippen LogP contribution in [0.25, 0.3) is 0 Å². The molecule has 1 aromatic carbocycles. The lowest BCUT2D eigenvalue weighted by Crippen LogP contribution is -2.49. The Hall–Kier alpha value is -1.85. The molecule has 0 unspecified atom stereocenters. The number of sulfonamides is 1. The van der Waals surface area contributed by atoms with Crippen LogP contribution in [0.1, 0.15) is 13.8 Å². The van der Waals surface area contributed by atoms with Crippen molar-refractivity contribution in [2.24, 2.45) is 0 Å². The summed E-state index contributed by atoms with van der Waals surface area (Å²) in [7, 11) is -3.78. The van der Waals surface area contributed by atoms with Crippen LogP contribution in [-0.2, 0) is 14.8 Å². The molecule has 0 radical (unpaired) electrons. The van der Waals surface area contributed by atoms with Crippen LogP contribution in [-0.4, -0.2) is 79.7 Å². The number of hydrogen-bond donors (Lipinski definition) is 0. The van der Waals surface area contributed by atoms with Gasteiger partial charge in [0.05, 0.1) is 15.6 Å². The molecule has 0 atom stereocenters. The van der Waals surface area contributed by atoms with E-state index in [1.165, 1.54) is 28.2 Å². The number of hydrogen-bond acceptors (Lipinski definition) is 7. The molecule has 1 amide bonds. The number of anilines is 1. The molecule has 0 saturated carbocycles. The van der Waals surface area contributed by atoms with Gasteiger partial charge >= 0.3 is 0 Å². The van der Waals surface area contributed by atoms with Crippen molar-refractivity contribution in [3.05, 3.63) is 28.3 Å². The highest BCUT2D eigenvalue weighted by Gasteiger charge is 2.29. The van der Waals surface area contributed by atoms with Gasteiger partial charge in [-0.15, -0.1) is 0 Å². The molecule has 1 aliphatic heterocycles. The van der Waals surface area contributed by atoms with Crippen molar-refractivity contribution in [3.8, 4) is 0 Å². The second-order valence-electron chi connectivity index (χ2n) is 6.30. The van der Waals surface area contributed by atoms with Crippen molar-refractivity contribution < 1.29 is 18.1 Å². The van der Waals surface area contributed by atoms with Gasteiger partial charge in [-0.1, -0.05) is 13.8 Å². The first-order valence-corrected chi connectivity index (χ1v) is 11.9. The van der Waals surface area contributed by atoms with E-state index in [1.54, 1.807) is 18.7 Å². The molecule has 28 heavy (non-hydrogen) atoms. The van der Waals surface area contributed by atoms with Gasteiger partial charge in [-0.05, 0) is 18.4 Å². The second-order valence-corrected chi connectivity index (χ2v) is 9.10. The van der Waals surface area contributed by atoms with Crippen molar-refractivity contribution in [3.63, 3.8) is 0 Å². The van der Waals surface area contributed by atoms with Crippen LogP contribution in [0.3, 0.4) is 0 Å². The summed E-state index contributed by atoms with van der Waals surface area (Å²) in [4.78, 5) is 26.6. The van der Waals surface area contributed by atoms with Crippen molar-refractivity contribution in [1.29, 1.82) is 0 Å². The fourth-order valence-electron chi connectivity index (χ4n) is 3.20. The molecule has 9 nitrogen and oxygen atoms in total. The molecule has 0 N–H and O–H groups in total. The Morgan fingerprint density at radius 2 is 1.82 bits per heavy atom. The molecule has 1 aromatic rings. The highest BCUT2D eigenvalue weighted by molar-refractivity contribution is 7.99. The van der Waals surface area contributed by atoms with E-state index in [2.05, 4.69) is 0 Å². The van der Waals surface area contributed by atoms with Gasteiger partial charge in [0.15, 0.2) is 0 Å². The molecule has 1 heterocycles. The third-order valence-corrected chi connectivity index (χ3v) is 7.31. The van der Waals surface area contributed by atoms with E-state index in [1.807, 2.05) is 11.2 Å². The Morgan fingerprint density at radius 3 is 2.32 bits per heavy atom. The third-order valence-electron chi connectivity index (χ3n) is 4.73. The number of benzene rings is 1. The summed E-state index contributed by atoms with van der Waals surface area (Å²) in [6.45, 7) is 5.92. The van der Waals surface area contributed by atoms with Gasteiger partial charge in [0.25, 0.3) is 5.69 Å². The van der Waals surface area contributed by atoms with E-state index in [4.69, 9.17) is 0 Å². The van der Waals surface area contributed by atoms with Crippen molar-refractivity contribution in [1.82, 2.24) is 9.21 Å². The van der Waals surface area contributed by atoms with Gasteiger partial charge < -0.3 is 9.80 Å². The number of piperazine rings is 1. The zero-order valence-electron chi connectivity index (χ0n) is 16.3. The molecule has 1 aliphatic rings. The van der Waals surface area contributed by atoms with E-state index >= 15 is 0 Å². The third kappa shape index (κ3) is 4.76. The standard InChI is InChI=1S/C17H26N4O5S2/c1-4-20(5-2)28(25,26)14-6-7-15(16(12-14)21(23)24)18-8-10-19(11-9-18)17(22)13-27-3/h6-7,12H,4-5,8-11,13H2,1-3H3. The summed E-state index contributed by atoms with van der Waals surface area (Å²) in [5.74, 6) is 0.472. The Morgan fingerprint density at radius 1 is 1.21 bits per heavy atom. The monoisotopic (exact) mass is 430 g/mol. The number of carbonyl (C=O) groups excluding carboxylic acids is 1. The first-order chi connectivity index (χ1) is 13.3. The SMILES string of the molecule is CCN(CC)S(=O)(=O)c1ccc(N2CCN(C(=O)CSC)CC2)c([N+](=O)[O-])c1. The summed E-state index contributed by atoms with van der Waals surface area (Å²) < 4.78 is 26.6. The zero-order chi connectivity index (χ0) is 20.9. The van der Waals surface area contributed by atoms with Gasteiger partial charge in [0.1, 0.15) is 5.69 Å². The van der Waals surface area contributed by atoms with Crippen LogP contribution in [0, 0.1) is 10.1 Å². The summed E-state index contributed by atoms with van der Waals surface area (Å²) in [6.07, 6.45) is 1.87. The topological polar surface area (TPSA) is 104 Å².